The van der Waals surface area contributed by atoms with Crippen LogP contribution in [-0.4, -0.2) is 33.2 Å². The SMILES string of the molecule is Cc1ccc(-c2cc(C(=O)N3CC4(C)CC3CC(C)(C)C4)n(-c3cccc(Cl)c3)n2)o1. The Balaban J connectivity index is 1.58. The molecule has 2 bridgehead atoms. The highest BCUT2D eigenvalue weighted by Crippen LogP contribution is 2.52. The van der Waals surface area contributed by atoms with Crippen LogP contribution in [0.25, 0.3) is 17.1 Å². The van der Waals surface area contributed by atoms with Crippen molar-refractivity contribution in [2.45, 2.75) is 53.0 Å². The third-order valence-electron chi connectivity index (χ3n) is 6.65. The van der Waals surface area contributed by atoms with E-state index >= 15 is 0 Å². The zero-order valence-electron chi connectivity index (χ0n) is 18.5. The van der Waals surface area contributed by atoms with Crippen LogP contribution in [0.4, 0.5) is 0 Å². The first-order valence-electron chi connectivity index (χ1n) is 10.9. The van der Waals surface area contributed by atoms with Crippen LogP contribution in [0, 0.1) is 17.8 Å². The molecule has 1 aliphatic heterocycles. The van der Waals surface area contributed by atoms with Crippen molar-refractivity contribution in [3.05, 3.63) is 58.9 Å². The number of fused-ring (bicyclic) bond motifs is 2. The summed E-state index contributed by atoms with van der Waals surface area (Å²) < 4.78 is 7.49. The van der Waals surface area contributed by atoms with Gasteiger partial charge in [-0.2, -0.15) is 5.10 Å². The first kappa shape index (κ1) is 20.4. The normalized spacial score (nSPS) is 24.5. The predicted octanol–water partition coefficient (Wildman–Crippen LogP) is 6.13. The van der Waals surface area contributed by atoms with Crippen LogP contribution in [0.2, 0.25) is 5.02 Å². The van der Waals surface area contributed by atoms with Crippen LogP contribution < -0.4 is 0 Å². The van der Waals surface area contributed by atoms with Gasteiger partial charge in [-0.15, -0.1) is 0 Å². The van der Waals surface area contributed by atoms with Gasteiger partial charge in [0.15, 0.2) is 5.76 Å². The Bertz CT molecular complexity index is 1160. The zero-order chi connectivity index (χ0) is 22.0. The molecule has 3 heterocycles. The molecule has 5 nitrogen and oxygen atoms in total. The van der Waals surface area contributed by atoms with E-state index in [0.29, 0.717) is 22.2 Å². The topological polar surface area (TPSA) is 51.3 Å². The second kappa shape index (κ2) is 6.99. The molecular formula is C25H28ClN3O2. The second-order valence-corrected chi connectivity index (χ2v) is 10.8. The fourth-order valence-electron chi connectivity index (χ4n) is 5.88. The summed E-state index contributed by atoms with van der Waals surface area (Å²) in [4.78, 5) is 15.9. The quantitative estimate of drug-likeness (QED) is 0.494. The van der Waals surface area contributed by atoms with Gasteiger partial charge in [0.25, 0.3) is 5.91 Å². The van der Waals surface area contributed by atoms with Crippen molar-refractivity contribution in [3.63, 3.8) is 0 Å². The maximum absolute atomic E-state index is 13.9. The number of halogens is 1. The van der Waals surface area contributed by atoms with Crippen molar-refractivity contribution in [2.75, 3.05) is 6.54 Å². The van der Waals surface area contributed by atoms with Crippen LogP contribution >= 0.6 is 11.6 Å². The standard InChI is InChI=1S/C25H28ClN3O2/c1-16-8-9-22(31-16)20-11-21(29(27-20)18-7-5-6-17(26)10-18)23(30)28-15-25(4)13-19(28)12-24(2,3)14-25/h5-11,19H,12-15H2,1-4H3. The minimum absolute atomic E-state index is 0.0217. The molecule has 2 aromatic heterocycles. The lowest BCUT2D eigenvalue weighted by atomic mass is 9.65. The zero-order valence-corrected chi connectivity index (χ0v) is 19.2. The fraction of sp³-hybridized carbons (Fsp3) is 0.440. The molecule has 0 spiro atoms. The van der Waals surface area contributed by atoms with Crippen LogP contribution in [0.3, 0.4) is 0 Å². The summed E-state index contributed by atoms with van der Waals surface area (Å²) in [7, 11) is 0. The van der Waals surface area contributed by atoms with Gasteiger partial charge >= 0.3 is 0 Å². The smallest absolute Gasteiger partial charge is 0.272 e. The number of nitrogens with zero attached hydrogens (tertiary/aromatic N) is 3. The molecule has 5 rings (SSSR count). The Morgan fingerprint density at radius 1 is 1.16 bits per heavy atom. The number of amides is 1. The monoisotopic (exact) mass is 437 g/mol. The number of rotatable bonds is 3. The van der Waals surface area contributed by atoms with Crippen molar-refractivity contribution in [2.24, 2.45) is 10.8 Å². The lowest BCUT2D eigenvalue weighted by molar-refractivity contribution is 0.0699. The summed E-state index contributed by atoms with van der Waals surface area (Å²) in [5.41, 5.74) is 2.37. The van der Waals surface area contributed by atoms with E-state index in [1.807, 2.05) is 49.4 Å². The van der Waals surface area contributed by atoms with E-state index in [1.165, 1.54) is 0 Å². The third kappa shape index (κ3) is 3.69. The van der Waals surface area contributed by atoms with Crippen LogP contribution in [-0.2, 0) is 0 Å². The minimum atomic E-state index is 0.0217. The van der Waals surface area contributed by atoms with Gasteiger partial charge in [-0.05, 0) is 67.3 Å². The van der Waals surface area contributed by atoms with Gasteiger partial charge in [-0.1, -0.05) is 38.4 Å². The summed E-state index contributed by atoms with van der Waals surface area (Å²) in [6, 6.07) is 13.3. The van der Waals surface area contributed by atoms with E-state index in [1.54, 1.807) is 4.68 Å². The van der Waals surface area contributed by atoms with Crippen LogP contribution in [0.5, 0.6) is 0 Å². The molecule has 1 saturated heterocycles. The van der Waals surface area contributed by atoms with E-state index in [4.69, 9.17) is 21.1 Å². The van der Waals surface area contributed by atoms with Crippen molar-refractivity contribution in [1.29, 1.82) is 0 Å². The van der Waals surface area contributed by atoms with Gasteiger partial charge in [0, 0.05) is 23.7 Å². The average Bonchev–Trinajstić information content (AvgIpc) is 3.36. The molecule has 2 unspecified atom stereocenters. The third-order valence-corrected chi connectivity index (χ3v) is 6.88. The van der Waals surface area contributed by atoms with E-state index in [0.717, 1.165) is 37.3 Å². The molecule has 1 saturated carbocycles. The van der Waals surface area contributed by atoms with Crippen LogP contribution in [0.1, 0.15) is 56.3 Å². The van der Waals surface area contributed by atoms with Crippen molar-refractivity contribution in [3.8, 4) is 17.1 Å². The molecule has 2 atom stereocenters. The Morgan fingerprint density at radius 3 is 2.68 bits per heavy atom. The van der Waals surface area contributed by atoms with E-state index in [-0.39, 0.29) is 22.8 Å². The Morgan fingerprint density at radius 2 is 1.97 bits per heavy atom. The van der Waals surface area contributed by atoms with Gasteiger partial charge in [0.1, 0.15) is 17.1 Å². The largest absolute Gasteiger partial charge is 0.460 e. The summed E-state index contributed by atoms with van der Waals surface area (Å²) in [5, 5.41) is 5.35. The van der Waals surface area contributed by atoms with Gasteiger partial charge in [-0.3, -0.25) is 4.79 Å². The molecule has 2 fully saturated rings. The van der Waals surface area contributed by atoms with E-state index in [2.05, 4.69) is 25.7 Å². The number of aryl methyl sites for hydroxylation is 1. The highest BCUT2D eigenvalue weighted by molar-refractivity contribution is 6.30. The minimum Gasteiger partial charge on any atom is -0.460 e. The molecule has 1 amide bonds. The molecule has 0 N–H and O–H groups in total. The highest BCUT2D eigenvalue weighted by Gasteiger charge is 2.51. The first-order valence-corrected chi connectivity index (χ1v) is 11.2. The fourth-order valence-corrected chi connectivity index (χ4v) is 6.06. The second-order valence-electron chi connectivity index (χ2n) is 10.4. The highest BCUT2D eigenvalue weighted by atomic mass is 35.5. The Labute approximate surface area is 188 Å². The number of likely N-dealkylation sites (tertiary alicyclic amines) is 1. The van der Waals surface area contributed by atoms with Crippen LogP contribution in [0.15, 0.2) is 46.9 Å². The van der Waals surface area contributed by atoms with E-state index < -0.39 is 0 Å². The molecule has 3 aromatic rings. The number of aromatic nitrogens is 2. The maximum Gasteiger partial charge on any atom is 0.272 e. The number of furan rings is 1. The van der Waals surface area contributed by atoms with Crippen molar-refractivity contribution >= 4 is 17.5 Å². The molecule has 1 aliphatic carbocycles. The van der Waals surface area contributed by atoms with Gasteiger partial charge in [0.05, 0.1) is 5.69 Å². The summed E-state index contributed by atoms with van der Waals surface area (Å²) in [6.07, 6.45) is 3.24. The number of carbonyl (C=O) groups is 1. The Kier molecular flexibility index (Phi) is 4.60. The molecule has 162 valence electrons. The predicted molar refractivity (Wildman–Crippen MR) is 122 cm³/mol. The van der Waals surface area contributed by atoms with Gasteiger partial charge in [0.2, 0.25) is 0 Å². The summed E-state index contributed by atoms with van der Waals surface area (Å²) >= 11 is 6.25. The lowest BCUT2D eigenvalue weighted by Crippen LogP contribution is -2.38. The molecule has 2 aliphatic rings. The van der Waals surface area contributed by atoms with Gasteiger partial charge < -0.3 is 9.32 Å². The molecule has 0 radical (unpaired) electrons. The number of benzene rings is 1. The van der Waals surface area contributed by atoms with E-state index in [9.17, 15) is 4.79 Å². The molecule has 1 aromatic carbocycles. The molecule has 31 heavy (non-hydrogen) atoms. The van der Waals surface area contributed by atoms with Gasteiger partial charge in [-0.25, -0.2) is 4.68 Å². The molecule has 6 heteroatoms. The summed E-state index contributed by atoms with van der Waals surface area (Å²) in [5.74, 6) is 1.48. The summed E-state index contributed by atoms with van der Waals surface area (Å²) in [6.45, 7) is 9.64. The molecular weight excluding hydrogens is 410 g/mol. The Hall–Kier alpha value is -2.53. The first-order chi connectivity index (χ1) is 14.6. The van der Waals surface area contributed by atoms with Crippen molar-refractivity contribution < 1.29 is 9.21 Å². The average molecular weight is 438 g/mol. The number of carbonyl (C=O) groups excluding carboxylic acids is 1. The number of hydrogen-bond donors (Lipinski definition) is 0. The number of hydrogen-bond acceptors (Lipinski definition) is 3. The maximum atomic E-state index is 13.9. The lowest BCUT2D eigenvalue weighted by Gasteiger charge is -2.39. The van der Waals surface area contributed by atoms with Crippen molar-refractivity contribution in [1.82, 2.24) is 14.7 Å².